The fourth-order valence-corrected chi connectivity index (χ4v) is 3.68. The highest BCUT2D eigenvalue weighted by Gasteiger charge is 2.28. The monoisotopic (exact) mass is 332 g/mol. The van der Waals surface area contributed by atoms with Crippen LogP contribution in [0, 0.1) is 0 Å². The Morgan fingerprint density at radius 1 is 1.24 bits per heavy atom. The maximum absolute atomic E-state index is 4.55. The number of hydrogen-bond donors (Lipinski definition) is 1. The van der Waals surface area contributed by atoms with Crippen molar-refractivity contribution in [3.8, 4) is 0 Å². The number of piperidine rings is 1. The van der Waals surface area contributed by atoms with E-state index in [0.717, 1.165) is 25.3 Å². The van der Waals surface area contributed by atoms with E-state index in [9.17, 15) is 0 Å². The molecule has 4 nitrogen and oxygen atoms in total. The number of aromatic amines is 1. The van der Waals surface area contributed by atoms with Crippen LogP contribution in [0.2, 0.25) is 0 Å². The number of allylic oxidation sites excluding steroid dienone is 1. The van der Waals surface area contributed by atoms with E-state index in [4.69, 9.17) is 0 Å². The molecule has 0 aliphatic carbocycles. The van der Waals surface area contributed by atoms with Gasteiger partial charge in [0.05, 0.1) is 5.92 Å². The maximum Gasteiger partial charge on any atom is 0.115 e. The lowest BCUT2D eigenvalue weighted by Gasteiger charge is -2.37. The number of nitrogens with one attached hydrogen (secondary N) is 1. The average Bonchev–Trinajstić information content (AvgIpc) is 3.29. The van der Waals surface area contributed by atoms with Crippen LogP contribution in [0.4, 0.5) is 0 Å². The van der Waals surface area contributed by atoms with Gasteiger partial charge >= 0.3 is 0 Å². The van der Waals surface area contributed by atoms with Crippen molar-refractivity contribution >= 4 is 6.08 Å². The highest BCUT2D eigenvalue weighted by Crippen LogP contribution is 2.36. The second-order valence-electron chi connectivity index (χ2n) is 6.76. The predicted octanol–water partition coefficient (Wildman–Crippen LogP) is 4.17. The predicted molar refractivity (Wildman–Crippen MR) is 101 cm³/mol. The van der Waals surface area contributed by atoms with Gasteiger partial charge in [-0.25, -0.2) is 4.98 Å². The Labute approximate surface area is 148 Å². The zero-order valence-electron chi connectivity index (χ0n) is 14.6. The van der Waals surface area contributed by atoms with Crippen LogP contribution >= 0.6 is 0 Å². The molecule has 128 valence electrons. The van der Waals surface area contributed by atoms with Crippen LogP contribution in [0.15, 0.2) is 66.9 Å². The summed E-state index contributed by atoms with van der Waals surface area (Å²) in [6, 6.07) is 12.9. The Morgan fingerprint density at radius 2 is 2.12 bits per heavy atom. The lowest BCUT2D eigenvalue weighted by atomic mass is 9.91. The fourth-order valence-electron chi connectivity index (χ4n) is 3.68. The number of likely N-dealkylation sites (tertiary alicyclic amines) is 1. The molecule has 1 N–H and O–H groups in total. The minimum absolute atomic E-state index is 0.327. The molecule has 4 heteroatoms. The molecule has 1 saturated heterocycles. The van der Waals surface area contributed by atoms with Gasteiger partial charge in [0.25, 0.3) is 0 Å². The number of H-pyrrole nitrogens is 1. The fraction of sp³-hybridized carbons (Fsp3) is 0.286. The highest BCUT2D eigenvalue weighted by molar-refractivity contribution is 5.54. The largest absolute Gasteiger partial charge is 0.370 e. The van der Waals surface area contributed by atoms with Crippen molar-refractivity contribution < 1.29 is 0 Å². The minimum Gasteiger partial charge on any atom is -0.370 e. The summed E-state index contributed by atoms with van der Waals surface area (Å²) >= 11 is 0. The third-order valence-electron chi connectivity index (χ3n) is 4.88. The van der Waals surface area contributed by atoms with Crippen molar-refractivity contribution in [2.45, 2.75) is 25.3 Å². The van der Waals surface area contributed by atoms with Crippen molar-refractivity contribution in [3.63, 3.8) is 0 Å². The molecule has 1 aliphatic heterocycles. The van der Waals surface area contributed by atoms with E-state index in [0.29, 0.717) is 5.92 Å². The van der Waals surface area contributed by atoms with Gasteiger partial charge in [0.1, 0.15) is 5.82 Å². The molecule has 0 bridgehead atoms. The Balaban J connectivity index is 1.69. The lowest BCUT2D eigenvalue weighted by Crippen LogP contribution is -2.32. The van der Waals surface area contributed by atoms with E-state index in [1.165, 1.54) is 23.2 Å². The number of aromatic nitrogens is 3. The van der Waals surface area contributed by atoms with Gasteiger partial charge in [0, 0.05) is 50.6 Å². The van der Waals surface area contributed by atoms with Crippen molar-refractivity contribution in [1.29, 1.82) is 0 Å². The average molecular weight is 332 g/mol. The maximum atomic E-state index is 4.55. The molecule has 4 rings (SSSR count). The van der Waals surface area contributed by atoms with E-state index in [1.54, 1.807) is 0 Å². The second kappa shape index (κ2) is 7.01. The number of nitrogens with zero attached hydrogens (tertiary/aromatic N) is 3. The molecule has 3 aromatic rings. The quantitative estimate of drug-likeness (QED) is 0.778. The van der Waals surface area contributed by atoms with Gasteiger partial charge in [0.2, 0.25) is 0 Å². The molecular formula is C21H24N4. The van der Waals surface area contributed by atoms with Gasteiger partial charge in [-0.05, 0) is 36.1 Å². The number of hydrogen-bond acceptors (Lipinski definition) is 2. The Morgan fingerprint density at radius 3 is 2.84 bits per heavy atom. The van der Waals surface area contributed by atoms with Gasteiger partial charge in [-0.15, -0.1) is 0 Å². The summed E-state index contributed by atoms with van der Waals surface area (Å²) in [7, 11) is 2.06. The molecule has 3 heterocycles. The van der Waals surface area contributed by atoms with Crippen LogP contribution in [0.1, 0.15) is 35.7 Å². The number of aryl methyl sites for hydroxylation is 1. The first-order valence-corrected chi connectivity index (χ1v) is 8.91. The van der Waals surface area contributed by atoms with Crippen LogP contribution in [0.5, 0.6) is 0 Å². The lowest BCUT2D eigenvalue weighted by molar-refractivity contribution is 0.264. The van der Waals surface area contributed by atoms with E-state index in [1.807, 2.05) is 12.4 Å². The smallest absolute Gasteiger partial charge is 0.115 e. The van der Waals surface area contributed by atoms with Crippen LogP contribution in [0.3, 0.4) is 0 Å². The van der Waals surface area contributed by atoms with Crippen molar-refractivity contribution in [3.05, 3.63) is 83.8 Å². The van der Waals surface area contributed by atoms with Crippen LogP contribution in [-0.2, 0) is 13.6 Å². The number of imidazole rings is 1. The SMILES string of the molecule is Cn1ccc(C=C2C(c3ncc[nH]3)CCCN2Cc2ccccc2)c1. The van der Waals surface area contributed by atoms with Crippen molar-refractivity contribution in [2.75, 3.05) is 6.54 Å². The Hall–Kier alpha value is -2.75. The molecule has 1 atom stereocenters. The zero-order chi connectivity index (χ0) is 17.1. The molecule has 1 aliphatic rings. The Bertz CT molecular complexity index is 830. The first kappa shape index (κ1) is 15.8. The van der Waals surface area contributed by atoms with Gasteiger partial charge in [-0.2, -0.15) is 0 Å². The second-order valence-corrected chi connectivity index (χ2v) is 6.76. The van der Waals surface area contributed by atoms with E-state index in [-0.39, 0.29) is 0 Å². The Kier molecular flexibility index (Phi) is 4.42. The summed E-state index contributed by atoms with van der Waals surface area (Å²) in [5, 5.41) is 0. The first-order chi connectivity index (χ1) is 12.3. The topological polar surface area (TPSA) is 36.9 Å². The first-order valence-electron chi connectivity index (χ1n) is 8.91. The summed E-state index contributed by atoms with van der Waals surface area (Å²) in [5.74, 6) is 1.40. The van der Waals surface area contributed by atoms with Crippen LogP contribution in [-0.4, -0.2) is 26.0 Å². The summed E-state index contributed by atoms with van der Waals surface area (Å²) in [4.78, 5) is 10.4. The molecule has 0 saturated carbocycles. The molecule has 1 fully saturated rings. The summed E-state index contributed by atoms with van der Waals surface area (Å²) in [6.45, 7) is 2.03. The summed E-state index contributed by atoms with van der Waals surface area (Å²) < 4.78 is 2.10. The van der Waals surface area contributed by atoms with Crippen LogP contribution < -0.4 is 0 Å². The van der Waals surface area contributed by atoms with Crippen molar-refractivity contribution in [2.24, 2.45) is 7.05 Å². The normalized spacial score (nSPS) is 19.5. The third kappa shape index (κ3) is 3.53. The van der Waals surface area contributed by atoms with Gasteiger partial charge in [0.15, 0.2) is 0 Å². The van der Waals surface area contributed by atoms with Gasteiger partial charge in [-0.3, -0.25) is 0 Å². The molecule has 0 radical (unpaired) electrons. The molecule has 25 heavy (non-hydrogen) atoms. The molecule has 1 unspecified atom stereocenters. The minimum atomic E-state index is 0.327. The number of rotatable bonds is 4. The van der Waals surface area contributed by atoms with E-state index in [2.05, 4.69) is 81.4 Å². The van der Waals surface area contributed by atoms with Crippen LogP contribution in [0.25, 0.3) is 6.08 Å². The van der Waals surface area contributed by atoms with E-state index < -0.39 is 0 Å². The summed E-state index contributed by atoms with van der Waals surface area (Å²) in [5.41, 5.74) is 3.95. The third-order valence-corrected chi connectivity index (χ3v) is 4.88. The molecule has 0 amide bonds. The van der Waals surface area contributed by atoms with Crippen molar-refractivity contribution in [1.82, 2.24) is 19.4 Å². The number of benzene rings is 1. The highest BCUT2D eigenvalue weighted by atomic mass is 15.2. The molecule has 2 aromatic heterocycles. The van der Waals surface area contributed by atoms with Gasteiger partial charge in [-0.1, -0.05) is 30.3 Å². The zero-order valence-corrected chi connectivity index (χ0v) is 14.6. The summed E-state index contributed by atoms with van der Waals surface area (Å²) in [6.07, 6.45) is 12.7. The molecule has 1 aromatic carbocycles. The van der Waals surface area contributed by atoms with E-state index >= 15 is 0 Å². The molecular weight excluding hydrogens is 308 g/mol. The van der Waals surface area contributed by atoms with Gasteiger partial charge < -0.3 is 14.5 Å². The standard InChI is InChI=1S/C21H24N4/c1-24-13-9-18(15-24)14-20-19(21-22-10-11-23-21)8-5-12-25(20)16-17-6-3-2-4-7-17/h2-4,6-7,9-11,13-15,19H,5,8,12,16H2,1H3,(H,22,23). The molecule has 0 spiro atoms.